The third kappa shape index (κ3) is 8.33. The fourth-order valence-corrected chi connectivity index (χ4v) is 1.53. The van der Waals surface area contributed by atoms with Crippen molar-refractivity contribution in [3.8, 4) is 0 Å². The molecule has 7 N–H and O–H groups in total. The van der Waals surface area contributed by atoms with Gasteiger partial charge < -0.3 is 30.8 Å². The minimum atomic E-state index is -1.71. The molecule has 0 fully saturated rings. The topological polar surface area (TPSA) is 211 Å². The van der Waals surface area contributed by atoms with E-state index in [9.17, 15) is 24.0 Å². The number of hydrogen-bond acceptors (Lipinski definition) is 7. The summed E-state index contributed by atoms with van der Waals surface area (Å²) in [5.74, 6) is -7.60. The molecular formula is C11H16N2O10. The monoisotopic (exact) mass is 336 g/mol. The predicted octanol–water partition coefficient (Wildman–Crippen LogP) is -2.53. The van der Waals surface area contributed by atoms with Gasteiger partial charge in [0.05, 0.1) is 12.8 Å². The molecule has 0 aliphatic rings. The first kappa shape index (κ1) is 20.3. The molecule has 130 valence electrons. The van der Waals surface area contributed by atoms with Crippen LogP contribution in [0, 0.1) is 0 Å². The minimum absolute atomic E-state index is 0.622. The molecule has 12 nitrogen and oxygen atoms in total. The number of rotatable bonds is 12. The van der Waals surface area contributed by atoms with E-state index in [-0.39, 0.29) is 0 Å². The van der Waals surface area contributed by atoms with Crippen molar-refractivity contribution in [3.05, 3.63) is 0 Å². The van der Waals surface area contributed by atoms with Crippen molar-refractivity contribution in [2.75, 3.05) is 6.54 Å². The maximum atomic E-state index is 11.0. The second-order valence-corrected chi connectivity index (χ2v) is 4.44. The van der Waals surface area contributed by atoms with E-state index in [2.05, 4.69) is 5.32 Å². The normalized spacial score (nSPS) is 14.4. The van der Waals surface area contributed by atoms with Gasteiger partial charge in [-0.1, -0.05) is 0 Å². The number of nitrogens with one attached hydrogen (secondary N) is 2. The molecule has 0 bridgehead atoms. The maximum absolute atomic E-state index is 11.0. The fraction of sp³-hybridized carbons (Fsp3) is 0.545. The van der Waals surface area contributed by atoms with Gasteiger partial charge in [-0.25, -0.2) is 0 Å². The van der Waals surface area contributed by atoms with E-state index in [1.165, 1.54) is 0 Å². The number of carboxylic acids is 5. The van der Waals surface area contributed by atoms with Crippen LogP contribution >= 0.6 is 0 Å². The van der Waals surface area contributed by atoms with Crippen molar-refractivity contribution in [2.24, 2.45) is 0 Å². The molecule has 3 unspecified atom stereocenters. The van der Waals surface area contributed by atoms with E-state index in [1.807, 2.05) is 5.32 Å². The van der Waals surface area contributed by atoms with Crippen molar-refractivity contribution in [2.45, 2.75) is 31.0 Å². The Bertz CT molecular complexity index is 491. The molecule has 0 radical (unpaired) electrons. The van der Waals surface area contributed by atoms with Crippen molar-refractivity contribution in [1.82, 2.24) is 10.6 Å². The highest BCUT2D eigenvalue weighted by molar-refractivity contribution is 5.82. The Balaban J connectivity index is 4.87. The lowest BCUT2D eigenvalue weighted by Crippen LogP contribution is -2.54. The Morgan fingerprint density at radius 2 is 1.04 bits per heavy atom. The molecule has 0 aliphatic carbocycles. The Morgan fingerprint density at radius 1 is 0.652 bits per heavy atom. The summed E-state index contributed by atoms with van der Waals surface area (Å²) in [6, 6.07) is -4.93. The zero-order valence-corrected chi connectivity index (χ0v) is 11.6. The minimum Gasteiger partial charge on any atom is -0.481 e. The first-order chi connectivity index (χ1) is 10.5. The lowest BCUT2D eigenvalue weighted by atomic mass is 10.1. The van der Waals surface area contributed by atoms with Gasteiger partial charge >= 0.3 is 29.8 Å². The molecule has 0 aromatic carbocycles. The molecule has 0 heterocycles. The van der Waals surface area contributed by atoms with Crippen LogP contribution in [0.15, 0.2) is 0 Å². The van der Waals surface area contributed by atoms with Crippen molar-refractivity contribution >= 4 is 29.8 Å². The lowest BCUT2D eigenvalue weighted by molar-refractivity contribution is -0.148. The first-order valence-electron chi connectivity index (χ1n) is 6.16. The molecule has 0 amide bonds. The largest absolute Gasteiger partial charge is 0.481 e. The molecule has 0 spiro atoms. The van der Waals surface area contributed by atoms with Crippen molar-refractivity contribution in [3.63, 3.8) is 0 Å². The van der Waals surface area contributed by atoms with Gasteiger partial charge in [0.1, 0.15) is 18.1 Å². The number of carboxylic acid groups (broad SMARTS) is 5. The number of aliphatic carboxylic acids is 5. The molecule has 0 aromatic heterocycles. The summed E-state index contributed by atoms with van der Waals surface area (Å²) in [6.07, 6.45) is -1.71. The SMILES string of the molecule is O=C(O)CC(NCC(NC(CC(=O)O)C(=O)O)C(=O)O)C(=O)O. The smallest absolute Gasteiger partial charge is 0.322 e. The second kappa shape index (κ2) is 9.32. The van der Waals surface area contributed by atoms with E-state index >= 15 is 0 Å². The standard InChI is InChI=1S/C11H16N2O10/c14-7(15)1-4(9(18)19)12-3-6(11(22)23)13-5(10(20)21)2-8(16)17/h4-6,12-13H,1-3H2,(H,14,15)(H,16,17)(H,18,19)(H,20,21)(H,22,23). The maximum Gasteiger partial charge on any atom is 0.322 e. The highest BCUT2D eigenvalue weighted by atomic mass is 16.4. The van der Waals surface area contributed by atoms with E-state index in [0.29, 0.717) is 0 Å². The van der Waals surface area contributed by atoms with Gasteiger partial charge in [0.15, 0.2) is 0 Å². The highest BCUT2D eigenvalue weighted by Crippen LogP contribution is 1.98. The van der Waals surface area contributed by atoms with Crippen LogP contribution in [0.3, 0.4) is 0 Å². The average Bonchev–Trinajstić information content (AvgIpc) is 2.38. The Kier molecular flexibility index (Phi) is 8.21. The molecular weight excluding hydrogens is 320 g/mol. The first-order valence-corrected chi connectivity index (χ1v) is 6.16. The van der Waals surface area contributed by atoms with Gasteiger partial charge in [0, 0.05) is 6.54 Å². The summed E-state index contributed by atoms with van der Waals surface area (Å²) < 4.78 is 0. The summed E-state index contributed by atoms with van der Waals surface area (Å²) in [5, 5.41) is 47.9. The molecule has 23 heavy (non-hydrogen) atoms. The van der Waals surface area contributed by atoms with Gasteiger partial charge in [-0.3, -0.25) is 29.3 Å². The molecule has 0 aromatic rings. The van der Waals surface area contributed by atoms with Crippen molar-refractivity contribution in [1.29, 1.82) is 0 Å². The van der Waals surface area contributed by atoms with E-state index in [4.69, 9.17) is 25.5 Å². The van der Waals surface area contributed by atoms with Crippen LogP contribution in [-0.4, -0.2) is 80.0 Å². The van der Waals surface area contributed by atoms with Crippen LogP contribution in [0.25, 0.3) is 0 Å². The van der Waals surface area contributed by atoms with Gasteiger partial charge in [0.25, 0.3) is 0 Å². The molecule has 0 rings (SSSR count). The van der Waals surface area contributed by atoms with E-state index in [1.54, 1.807) is 0 Å². The summed E-state index contributed by atoms with van der Waals surface area (Å²) in [7, 11) is 0. The molecule has 12 heteroatoms. The van der Waals surface area contributed by atoms with Gasteiger partial charge in [-0.05, 0) is 0 Å². The van der Waals surface area contributed by atoms with E-state index in [0.717, 1.165) is 0 Å². The second-order valence-electron chi connectivity index (χ2n) is 4.44. The predicted molar refractivity (Wildman–Crippen MR) is 69.9 cm³/mol. The van der Waals surface area contributed by atoms with Crippen LogP contribution < -0.4 is 10.6 Å². The number of carbonyl (C=O) groups is 5. The average molecular weight is 336 g/mol. The summed E-state index contributed by atoms with van der Waals surface area (Å²) >= 11 is 0. The molecule has 0 aliphatic heterocycles. The Morgan fingerprint density at radius 3 is 1.39 bits per heavy atom. The summed E-state index contributed by atoms with van der Waals surface area (Å²) in [5.41, 5.74) is 0. The highest BCUT2D eigenvalue weighted by Gasteiger charge is 2.29. The third-order valence-electron chi connectivity index (χ3n) is 2.62. The Hall–Kier alpha value is -2.73. The zero-order valence-electron chi connectivity index (χ0n) is 11.6. The lowest BCUT2D eigenvalue weighted by Gasteiger charge is -2.21. The van der Waals surface area contributed by atoms with Crippen LogP contribution in [0.4, 0.5) is 0 Å². The molecule has 0 saturated heterocycles. The number of hydrogen-bond donors (Lipinski definition) is 7. The van der Waals surface area contributed by atoms with Crippen LogP contribution in [0.5, 0.6) is 0 Å². The fourth-order valence-electron chi connectivity index (χ4n) is 1.53. The van der Waals surface area contributed by atoms with Gasteiger partial charge in [-0.15, -0.1) is 0 Å². The van der Waals surface area contributed by atoms with Crippen LogP contribution in [0.1, 0.15) is 12.8 Å². The quantitative estimate of drug-likeness (QED) is 0.197. The van der Waals surface area contributed by atoms with Crippen LogP contribution in [-0.2, 0) is 24.0 Å². The summed E-state index contributed by atoms with van der Waals surface area (Å²) in [6.45, 7) is -0.622. The zero-order chi connectivity index (χ0) is 18.2. The Labute approximate surface area is 128 Å². The molecule has 0 saturated carbocycles. The van der Waals surface area contributed by atoms with Gasteiger partial charge in [-0.2, -0.15) is 0 Å². The van der Waals surface area contributed by atoms with Crippen LogP contribution in [0.2, 0.25) is 0 Å². The van der Waals surface area contributed by atoms with E-state index < -0.39 is 67.4 Å². The summed E-state index contributed by atoms with van der Waals surface area (Å²) in [4.78, 5) is 53.8. The molecule has 3 atom stereocenters. The third-order valence-corrected chi connectivity index (χ3v) is 2.62. The van der Waals surface area contributed by atoms with Crippen molar-refractivity contribution < 1.29 is 49.5 Å². The van der Waals surface area contributed by atoms with Gasteiger partial charge in [0.2, 0.25) is 0 Å².